The summed E-state index contributed by atoms with van der Waals surface area (Å²) in [6, 6.07) is 24.0. The van der Waals surface area contributed by atoms with Crippen LogP contribution in [0, 0.1) is 11.3 Å². The molecule has 0 spiro atoms. The minimum Gasteiger partial charge on any atom is -0.456 e. The molecule has 0 aliphatic rings. The molecule has 1 aromatic heterocycles. The number of furan rings is 1. The third-order valence-electron chi connectivity index (χ3n) is 3.72. The minimum atomic E-state index is 0.675. The van der Waals surface area contributed by atoms with Gasteiger partial charge in [0.15, 0.2) is 0 Å². The molecule has 0 radical (unpaired) electrons. The highest BCUT2D eigenvalue weighted by Crippen LogP contribution is 2.32. The summed E-state index contributed by atoms with van der Waals surface area (Å²) in [6.45, 7) is 0. The van der Waals surface area contributed by atoms with Crippen molar-refractivity contribution in [1.82, 2.24) is 0 Å². The summed E-state index contributed by atoms with van der Waals surface area (Å²) in [5.41, 5.74) is 4.70. The van der Waals surface area contributed by atoms with Gasteiger partial charge in [-0.3, -0.25) is 0 Å². The van der Waals surface area contributed by atoms with Crippen LogP contribution < -0.4 is 0 Å². The zero-order valence-corrected chi connectivity index (χ0v) is 11.2. The van der Waals surface area contributed by atoms with E-state index in [9.17, 15) is 0 Å². The van der Waals surface area contributed by atoms with Crippen molar-refractivity contribution in [3.8, 4) is 17.2 Å². The van der Waals surface area contributed by atoms with Crippen molar-refractivity contribution in [3.63, 3.8) is 0 Å². The number of benzene rings is 3. The van der Waals surface area contributed by atoms with Crippen LogP contribution in [0.4, 0.5) is 0 Å². The second kappa shape index (κ2) is 4.50. The lowest BCUT2D eigenvalue weighted by Gasteiger charge is -2.01. The third kappa shape index (κ3) is 1.87. The summed E-state index contributed by atoms with van der Waals surface area (Å²) in [4.78, 5) is 0. The lowest BCUT2D eigenvalue weighted by atomic mass is 10.0. The molecule has 0 aliphatic carbocycles. The first-order valence-corrected chi connectivity index (χ1v) is 6.77. The standard InChI is InChI=1S/C19H11NO/c20-12-13-5-7-14(8-6-13)15-9-10-19-17(11-15)16-3-1-2-4-18(16)21-19/h1-11H. The number of rotatable bonds is 1. The molecule has 1 heterocycles. The van der Waals surface area contributed by atoms with Gasteiger partial charge in [0.2, 0.25) is 0 Å². The average molecular weight is 269 g/mol. The van der Waals surface area contributed by atoms with Gasteiger partial charge in [0.25, 0.3) is 0 Å². The highest BCUT2D eigenvalue weighted by molar-refractivity contribution is 6.06. The largest absolute Gasteiger partial charge is 0.456 e. The summed E-state index contributed by atoms with van der Waals surface area (Å²) in [6.07, 6.45) is 0. The van der Waals surface area contributed by atoms with Gasteiger partial charge in [-0.25, -0.2) is 0 Å². The zero-order chi connectivity index (χ0) is 14.2. The van der Waals surface area contributed by atoms with E-state index in [0.717, 1.165) is 33.1 Å². The molecule has 0 saturated carbocycles. The van der Waals surface area contributed by atoms with Crippen LogP contribution in [0.5, 0.6) is 0 Å². The summed E-state index contributed by atoms with van der Waals surface area (Å²) in [7, 11) is 0. The smallest absolute Gasteiger partial charge is 0.135 e. The van der Waals surface area contributed by atoms with Gasteiger partial charge in [-0.15, -0.1) is 0 Å². The predicted molar refractivity (Wildman–Crippen MR) is 83.9 cm³/mol. The second-order valence-electron chi connectivity index (χ2n) is 5.00. The van der Waals surface area contributed by atoms with E-state index in [1.165, 1.54) is 0 Å². The van der Waals surface area contributed by atoms with Crippen LogP contribution in [-0.4, -0.2) is 0 Å². The van der Waals surface area contributed by atoms with E-state index in [1.807, 2.05) is 54.6 Å². The maximum Gasteiger partial charge on any atom is 0.135 e. The Morgan fingerprint density at radius 2 is 1.43 bits per heavy atom. The lowest BCUT2D eigenvalue weighted by Crippen LogP contribution is -1.79. The Labute approximate surface area is 121 Å². The molecule has 0 amide bonds. The Hall–Kier alpha value is -3.05. The zero-order valence-electron chi connectivity index (χ0n) is 11.2. The topological polar surface area (TPSA) is 36.9 Å². The maximum atomic E-state index is 8.87. The minimum absolute atomic E-state index is 0.675. The quantitative estimate of drug-likeness (QED) is 0.480. The van der Waals surface area contributed by atoms with E-state index in [-0.39, 0.29) is 0 Å². The van der Waals surface area contributed by atoms with Gasteiger partial charge in [0.1, 0.15) is 11.2 Å². The van der Waals surface area contributed by atoms with Crippen LogP contribution in [0.3, 0.4) is 0 Å². The van der Waals surface area contributed by atoms with Crippen LogP contribution in [0.2, 0.25) is 0 Å². The van der Waals surface area contributed by atoms with Gasteiger partial charge < -0.3 is 4.42 Å². The molecule has 0 N–H and O–H groups in total. The molecule has 98 valence electrons. The average Bonchev–Trinajstić information content (AvgIpc) is 2.93. The van der Waals surface area contributed by atoms with Crippen LogP contribution >= 0.6 is 0 Å². The summed E-state index contributed by atoms with van der Waals surface area (Å²) in [5, 5.41) is 11.1. The molecular weight excluding hydrogens is 258 g/mol. The van der Waals surface area contributed by atoms with Crippen LogP contribution in [0.1, 0.15) is 5.56 Å². The first kappa shape index (κ1) is 11.7. The van der Waals surface area contributed by atoms with Crippen molar-refractivity contribution < 1.29 is 4.42 Å². The summed E-state index contributed by atoms with van der Waals surface area (Å²) in [5.74, 6) is 0. The first-order valence-electron chi connectivity index (χ1n) is 6.77. The van der Waals surface area contributed by atoms with Crippen molar-refractivity contribution in [2.75, 3.05) is 0 Å². The summed E-state index contributed by atoms with van der Waals surface area (Å²) >= 11 is 0. The molecule has 21 heavy (non-hydrogen) atoms. The third-order valence-corrected chi connectivity index (χ3v) is 3.72. The van der Waals surface area contributed by atoms with Crippen molar-refractivity contribution in [2.45, 2.75) is 0 Å². The first-order chi connectivity index (χ1) is 10.3. The Kier molecular flexibility index (Phi) is 2.52. The molecule has 2 nitrogen and oxygen atoms in total. The van der Waals surface area contributed by atoms with E-state index in [4.69, 9.17) is 9.68 Å². The van der Waals surface area contributed by atoms with Gasteiger partial charge in [-0.1, -0.05) is 36.4 Å². The van der Waals surface area contributed by atoms with Gasteiger partial charge in [0, 0.05) is 10.8 Å². The SMILES string of the molecule is N#Cc1ccc(-c2ccc3oc4ccccc4c3c2)cc1. The normalized spacial score (nSPS) is 10.8. The molecule has 0 saturated heterocycles. The van der Waals surface area contributed by atoms with E-state index in [1.54, 1.807) is 0 Å². The Balaban J connectivity index is 1.93. The Bertz CT molecular complexity index is 988. The van der Waals surface area contributed by atoms with E-state index < -0.39 is 0 Å². The molecule has 4 aromatic rings. The van der Waals surface area contributed by atoms with Gasteiger partial charge in [-0.2, -0.15) is 5.26 Å². The number of nitriles is 1. The molecule has 0 aliphatic heterocycles. The fourth-order valence-electron chi connectivity index (χ4n) is 2.64. The fraction of sp³-hybridized carbons (Fsp3) is 0. The number of fused-ring (bicyclic) bond motifs is 3. The van der Waals surface area contributed by atoms with Crippen molar-refractivity contribution >= 4 is 21.9 Å². The van der Waals surface area contributed by atoms with Crippen LogP contribution in [-0.2, 0) is 0 Å². The number of hydrogen-bond donors (Lipinski definition) is 0. The molecule has 0 bridgehead atoms. The monoisotopic (exact) mass is 269 g/mol. The van der Waals surface area contributed by atoms with Gasteiger partial charge in [0.05, 0.1) is 11.6 Å². The molecule has 2 heteroatoms. The molecule has 0 fully saturated rings. The second-order valence-corrected chi connectivity index (χ2v) is 5.00. The maximum absolute atomic E-state index is 8.87. The lowest BCUT2D eigenvalue weighted by molar-refractivity contribution is 0.669. The molecule has 3 aromatic carbocycles. The van der Waals surface area contributed by atoms with Gasteiger partial charge in [-0.05, 0) is 41.5 Å². The molecule has 4 rings (SSSR count). The van der Waals surface area contributed by atoms with E-state index in [0.29, 0.717) is 5.56 Å². The number of para-hydroxylation sites is 1. The van der Waals surface area contributed by atoms with Crippen molar-refractivity contribution in [2.24, 2.45) is 0 Å². The molecular formula is C19H11NO. The molecule has 0 unspecified atom stereocenters. The van der Waals surface area contributed by atoms with E-state index >= 15 is 0 Å². The highest BCUT2D eigenvalue weighted by Gasteiger charge is 2.07. The predicted octanol–water partition coefficient (Wildman–Crippen LogP) is 5.12. The van der Waals surface area contributed by atoms with E-state index in [2.05, 4.69) is 18.2 Å². The van der Waals surface area contributed by atoms with Crippen LogP contribution in [0.15, 0.2) is 71.1 Å². The van der Waals surface area contributed by atoms with Gasteiger partial charge >= 0.3 is 0 Å². The summed E-state index contributed by atoms with van der Waals surface area (Å²) < 4.78 is 5.84. The van der Waals surface area contributed by atoms with Crippen LogP contribution in [0.25, 0.3) is 33.1 Å². The number of nitrogens with zero attached hydrogens (tertiary/aromatic N) is 1. The Morgan fingerprint density at radius 3 is 2.24 bits per heavy atom. The van der Waals surface area contributed by atoms with Crippen molar-refractivity contribution in [1.29, 1.82) is 5.26 Å². The highest BCUT2D eigenvalue weighted by atomic mass is 16.3. The fourth-order valence-corrected chi connectivity index (χ4v) is 2.64. The molecule has 0 atom stereocenters. The van der Waals surface area contributed by atoms with Crippen molar-refractivity contribution in [3.05, 3.63) is 72.3 Å². The Morgan fingerprint density at radius 1 is 0.714 bits per heavy atom. The number of hydrogen-bond acceptors (Lipinski definition) is 2.